The number of aryl methyl sites for hydroxylation is 1. The van der Waals surface area contributed by atoms with Gasteiger partial charge in [-0.05, 0) is 53.7 Å². The Morgan fingerprint density at radius 2 is 2.33 bits per heavy atom. The average molecular weight is 311 g/mol. The van der Waals surface area contributed by atoms with Crippen LogP contribution in [0.4, 0.5) is 5.82 Å². The fourth-order valence-corrected chi connectivity index (χ4v) is 3.75. The minimum atomic E-state index is 0.485. The number of nitrogens with zero attached hydrogens (tertiary/aromatic N) is 2. The van der Waals surface area contributed by atoms with Crippen LogP contribution in [-0.2, 0) is 4.74 Å². The first-order chi connectivity index (χ1) is 8.74. The van der Waals surface area contributed by atoms with Gasteiger partial charge >= 0.3 is 0 Å². The Hall–Kier alpha value is -0.610. The maximum atomic E-state index is 5.86. The second-order valence-electron chi connectivity index (χ2n) is 5.36. The summed E-state index contributed by atoms with van der Waals surface area (Å²) in [6.07, 6.45) is 6.07. The lowest BCUT2D eigenvalue weighted by atomic mass is 9.88. The molecule has 3 rings (SSSR count). The summed E-state index contributed by atoms with van der Waals surface area (Å²) < 4.78 is 6.97. The number of piperidine rings is 1. The Morgan fingerprint density at radius 3 is 3.17 bits per heavy atom. The van der Waals surface area contributed by atoms with Gasteiger partial charge in [0.2, 0.25) is 0 Å². The highest BCUT2D eigenvalue weighted by atomic mass is 79.9. The van der Waals surface area contributed by atoms with Gasteiger partial charge in [-0.15, -0.1) is 0 Å². The Labute approximate surface area is 117 Å². The minimum absolute atomic E-state index is 0.485. The van der Waals surface area contributed by atoms with Crippen LogP contribution < -0.4 is 4.90 Å². The zero-order chi connectivity index (χ0) is 12.5. The fraction of sp³-hybridized carbons (Fsp3) is 0.643. The molecule has 2 atom stereocenters. The predicted molar refractivity (Wildman–Crippen MR) is 76.0 cm³/mol. The largest absolute Gasteiger partial charge is 0.378 e. The summed E-state index contributed by atoms with van der Waals surface area (Å²) in [5, 5.41) is 0. The molecular formula is C14H19BrN2O. The second kappa shape index (κ2) is 5.17. The van der Waals surface area contributed by atoms with Gasteiger partial charge in [0.1, 0.15) is 5.82 Å². The molecule has 98 valence electrons. The van der Waals surface area contributed by atoms with Gasteiger partial charge < -0.3 is 9.64 Å². The van der Waals surface area contributed by atoms with Gasteiger partial charge in [-0.25, -0.2) is 4.98 Å². The van der Waals surface area contributed by atoms with Crippen LogP contribution in [0.3, 0.4) is 0 Å². The Bertz CT molecular complexity index is 438. The lowest BCUT2D eigenvalue weighted by Crippen LogP contribution is -2.46. The van der Waals surface area contributed by atoms with E-state index in [1.807, 2.05) is 6.20 Å². The Morgan fingerprint density at radius 1 is 1.44 bits per heavy atom. The molecule has 2 aliphatic heterocycles. The van der Waals surface area contributed by atoms with E-state index in [-0.39, 0.29) is 0 Å². The van der Waals surface area contributed by atoms with Gasteiger partial charge in [-0.3, -0.25) is 0 Å². The van der Waals surface area contributed by atoms with Crippen molar-refractivity contribution in [3.63, 3.8) is 0 Å². The summed E-state index contributed by atoms with van der Waals surface area (Å²) in [6.45, 7) is 5.16. The van der Waals surface area contributed by atoms with Gasteiger partial charge in [-0.2, -0.15) is 0 Å². The molecule has 0 unspecified atom stereocenters. The van der Waals surface area contributed by atoms with Crippen LogP contribution in [0, 0.1) is 12.8 Å². The van der Waals surface area contributed by atoms with E-state index in [4.69, 9.17) is 4.74 Å². The summed E-state index contributed by atoms with van der Waals surface area (Å²) in [6, 6.07) is 2.14. The molecule has 2 saturated heterocycles. The highest BCUT2D eigenvalue weighted by Crippen LogP contribution is 2.33. The summed E-state index contributed by atoms with van der Waals surface area (Å²) in [4.78, 5) is 6.98. The number of rotatable bonds is 1. The zero-order valence-electron chi connectivity index (χ0n) is 10.7. The van der Waals surface area contributed by atoms with E-state index < -0.39 is 0 Å². The maximum Gasteiger partial charge on any atom is 0.142 e. The van der Waals surface area contributed by atoms with Crippen LogP contribution in [-0.4, -0.2) is 30.8 Å². The number of anilines is 1. The third kappa shape index (κ3) is 2.41. The third-order valence-electron chi connectivity index (χ3n) is 3.97. The van der Waals surface area contributed by atoms with Crippen molar-refractivity contribution in [2.24, 2.45) is 5.92 Å². The molecule has 0 aliphatic carbocycles. The number of hydrogen-bond acceptors (Lipinski definition) is 3. The highest BCUT2D eigenvalue weighted by molar-refractivity contribution is 9.10. The smallest absolute Gasteiger partial charge is 0.142 e. The summed E-state index contributed by atoms with van der Waals surface area (Å²) in [5.41, 5.74) is 1.20. The molecule has 4 heteroatoms. The van der Waals surface area contributed by atoms with Crippen LogP contribution >= 0.6 is 15.9 Å². The number of hydrogen-bond donors (Lipinski definition) is 0. The zero-order valence-corrected chi connectivity index (χ0v) is 12.3. The number of fused-ring (bicyclic) bond motifs is 1. The topological polar surface area (TPSA) is 25.4 Å². The van der Waals surface area contributed by atoms with Crippen molar-refractivity contribution >= 4 is 21.7 Å². The van der Waals surface area contributed by atoms with Crippen molar-refractivity contribution in [1.82, 2.24) is 4.98 Å². The normalized spacial score (nSPS) is 28.0. The molecule has 18 heavy (non-hydrogen) atoms. The van der Waals surface area contributed by atoms with E-state index in [0.29, 0.717) is 12.0 Å². The standard InChI is InChI=1S/C14H19BrN2O/c1-10-7-12(15)14(16-8-10)17-5-4-13-11(9-17)3-2-6-18-13/h7-8,11,13H,2-6,9H2,1H3/t11-,13+/m1/s1. The van der Waals surface area contributed by atoms with Crippen LogP contribution in [0.15, 0.2) is 16.7 Å². The SMILES string of the molecule is Cc1cnc(N2CC[C@@H]3OCCC[C@@H]3C2)c(Br)c1. The second-order valence-corrected chi connectivity index (χ2v) is 6.22. The summed E-state index contributed by atoms with van der Waals surface area (Å²) >= 11 is 3.64. The summed E-state index contributed by atoms with van der Waals surface area (Å²) in [5.74, 6) is 1.77. The first kappa shape index (κ1) is 12.4. The average Bonchev–Trinajstić information content (AvgIpc) is 2.38. The van der Waals surface area contributed by atoms with Crippen LogP contribution in [0.1, 0.15) is 24.8 Å². The van der Waals surface area contributed by atoms with E-state index in [0.717, 1.165) is 36.4 Å². The molecular weight excluding hydrogens is 292 g/mol. The monoisotopic (exact) mass is 310 g/mol. The highest BCUT2D eigenvalue weighted by Gasteiger charge is 2.32. The van der Waals surface area contributed by atoms with Gasteiger partial charge in [0, 0.05) is 31.8 Å². The predicted octanol–water partition coefficient (Wildman–Crippen LogP) is 3.16. The van der Waals surface area contributed by atoms with Crippen LogP contribution in [0.5, 0.6) is 0 Å². The van der Waals surface area contributed by atoms with E-state index in [1.54, 1.807) is 0 Å². The molecule has 0 radical (unpaired) electrons. The van der Waals surface area contributed by atoms with E-state index in [9.17, 15) is 0 Å². The van der Waals surface area contributed by atoms with Gasteiger partial charge in [-0.1, -0.05) is 0 Å². The molecule has 0 N–H and O–H groups in total. The van der Waals surface area contributed by atoms with E-state index in [1.165, 1.54) is 18.4 Å². The fourth-order valence-electron chi connectivity index (χ4n) is 3.04. The van der Waals surface area contributed by atoms with Crippen molar-refractivity contribution in [2.75, 3.05) is 24.6 Å². The third-order valence-corrected chi connectivity index (χ3v) is 4.56. The van der Waals surface area contributed by atoms with Crippen molar-refractivity contribution in [1.29, 1.82) is 0 Å². The molecule has 0 saturated carbocycles. The first-order valence-corrected chi connectivity index (χ1v) is 7.52. The molecule has 2 fully saturated rings. The molecule has 0 amide bonds. The van der Waals surface area contributed by atoms with Crippen molar-refractivity contribution in [3.05, 3.63) is 22.3 Å². The molecule has 1 aromatic rings. The lowest BCUT2D eigenvalue weighted by molar-refractivity contribution is -0.0358. The summed E-state index contributed by atoms with van der Waals surface area (Å²) in [7, 11) is 0. The molecule has 3 nitrogen and oxygen atoms in total. The quantitative estimate of drug-likeness (QED) is 0.796. The number of ether oxygens (including phenoxy) is 1. The van der Waals surface area contributed by atoms with Crippen molar-refractivity contribution in [2.45, 2.75) is 32.3 Å². The molecule has 1 aromatic heterocycles. The van der Waals surface area contributed by atoms with Crippen molar-refractivity contribution < 1.29 is 4.74 Å². The molecule has 3 heterocycles. The number of halogens is 1. The Balaban J connectivity index is 1.77. The lowest BCUT2D eigenvalue weighted by Gasteiger charge is -2.41. The van der Waals surface area contributed by atoms with Gasteiger partial charge in [0.05, 0.1) is 10.6 Å². The number of pyridine rings is 1. The molecule has 2 aliphatic rings. The van der Waals surface area contributed by atoms with E-state index >= 15 is 0 Å². The first-order valence-electron chi connectivity index (χ1n) is 6.73. The molecule has 0 aromatic carbocycles. The van der Waals surface area contributed by atoms with E-state index in [2.05, 4.69) is 38.8 Å². The Kier molecular flexibility index (Phi) is 3.57. The van der Waals surface area contributed by atoms with Crippen molar-refractivity contribution in [3.8, 4) is 0 Å². The maximum absolute atomic E-state index is 5.86. The van der Waals surface area contributed by atoms with Gasteiger partial charge in [0.15, 0.2) is 0 Å². The minimum Gasteiger partial charge on any atom is -0.378 e. The molecule has 0 bridgehead atoms. The van der Waals surface area contributed by atoms with Gasteiger partial charge in [0.25, 0.3) is 0 Å². The number of aromatic nitrogens is 1. The molecule has 0 spiro atoms. The van der Waals surface area contributed by atoms with Crippen LogP contribution in [0.25, 0.3) is 0 Å². The van der Waals surface area contributed by atoms with Crippen LogP contribution in [0.2, 0.25) is 0 Å².